The van der Waals surface area contributed by atoms with Crippen LogP contribution in [0.5, 0.6) is 0 Å². The molecule has 5 rings (SSSR count). The molecule has 4 heterocycles. The molecule has 0 aliphatic carbocycles. The van der Waals surface area contributed by atoms with Crippen LogP contribution in [0.3, 0.4) is 0 Å². The number of hydrogen-bond acceptors (Lipinski definition) is 8. The molecule has 2 aliphatic rings. The van der Waals surface area contributed by atoms with Gasteiger partial charge in [0, 0.05) is 37.0 Å². The van der Waals surface area contributed by atoms with Crippen molar-refractivity contribution in [3.05, 3.63) is 60.4 Å². The number of nitrogens with zero attached hydrogens (tertiary/aromatic N) is 6. The molecule has 0 radical (unpaired) electrons. The van der Waals surface area contributed by atoms with Gasteiger partial charge in [0.15, 0.2) is 0 Å². The van der Waals surface area contributed by atoms with Gasteiger partial charge >= 0.3 is 6.09 Å². The van der Waals surface area contributed by atoms with Crippen LogP contribution in [0, 0.1) is 5.82 Å². The second-order valence-corrected chi connectivity index (χ2v) is 8.02. The SMILES string of the molecule is CN1CCN(c2ccc(-c3ccc(N4C[C@H](CCc5ccon5)OC4=O)cc3F)cn2)C=N1. The fraction of sp³-hybridized carbons (Fsp3) is 0.304. The number of ether oxygens (including phenoxy) is 1. The molecular weight excluding hydrogens is 427 g/mol. The Hall–Kier alpha value is -3.95. The van der Waals surface area contributed by atoms with Gasteiger partial charge in [-0.15, -0.1) is 0 Å². The molecule has 170 valence electrons. The number of hydrazone groups is 1. The number of anilines is 2. The summed E-state index contributed by atoms with van der Waals surface area (Å²) in [6, 6.07) is 10.2. The molecule has 1 fully saturated rings. The first kappa shape index (κ1) is 20.9. The number of carbonyl (C=O) groups is 1. The molecule has 2 aliphatic heterocycles. The van der Waals surface area contributed by atoms with Gasteiger partial charge in [-0.2, -0.15) is 5.10 Å². The smallest absolute Gasteiger partial charge is 0.414 e. The first-order chi connectivity index (χ1) is 16.1. The molecule has 0 N–H and O–H groups in total. The van der Waals surface area contributed by atoms with Crippen molar-refractivity contribution in [3.8, 4) is 11.1 Å². The second kappa shape index (κ2) is 8.89. The van der Waals surface area contributed by atoms with Crippen molar-refractivity contribution >= 4 is 23.9 Å². The van der Waals surface area contributed by atoms with Gasteiger partial charge < -0.3 is 14.2 Å². The summed E-state index contributed by atoms with van der Waals surface area (Å²) in [4.78, 5) is 20.2. The van der Waals surface area contributed by atoms with Crippen LogP contribution >= 0.6 is 0 Å². The minimum atomic E-state index is -0.479. The fourth-order valence-electron chi connectivity index (χ4n) is 3.87. The van der Waals surface area contributed by atoms with Crippen LogP contribution < -0.4 is 9.80 Å². The van der Waals surface area contributed by atoms with Gasteiger partial charge in [-0.1, -0.05) is 5.16 Å². The average Bonchev–Trinajstić information content (AvgIpc) is 3.48. The van der Waals surface area contributed by atoms with Gasteiger partial charge in [0.05, 0.1) is 24.5 Å². The van der Waals surface area contributed by atoms with Crippen molar-refractivity contribution in [1.29, 1.82) is 0 Å². The zero-order valence-corrected chi connectivity index (χ0v) is 18.1. The molecule has 2 aromatic heterocycles. The van der Waals surface area contributed by atoms with E-state index in [1.165, 1.54) is 17.2 Å². The topological polar surface area (TPSA) is 87.3 Å². The summed E-state index contributed by atoms with van der Waals surface area (Å²) in [5.41, 5.74) is 2.34. The molecule has 0 bridgehead atoms. The highest BCUT2D eigenvalue weighted by atomic mass is 19.1. The molecule has 3 aromatic rings. The maximum atomic E-state index is 15.0. The summed E-state index contributed by atoms with van der Waals surface area (Å²) < 4.78 is 25.2. The summed E-state index contributed by atoms with van der Waals surface area (Å²) in [5, 5.41) is 9.97. The van der Waals surface area contributed by atoms with Gasteiger partial charge in [-0.25, -0.2) is 14.2 Å². The molecule has 0 unspecified atom stereocenters. The number of rotatable bonds is 6. The molecule has 0 saturated carbocycles. The van der Waals surface area contributed by atoms with Crippen molar-refractivity contribution in [3.63, 3.8) is 0 Å². The Balaban J connectivity index is 1.26. The largest absolute Gasteiger partial charge is 0.444 e. The number of aromatic nitrogens is 2. The lowest BCUT2D eigenvalue weighted by atomic mass is 10.1. The van der Waals surface area contributed by atoms with E-state index in [9.17, 15) is 9.18 Å². The maximum Gasteiger partial charge on any atom is 0.414 e. The van der Waals surface area contributed by atoms with Gasteiger partial charge in [-0.05, 0) is 43.2 Å². The van der Waals surface area contributed by atoms with E-state index in [0.29, 0.717) is 36.2 Å². The van der Waals surface area contributed by atoms with E-state index in [1.54, 1.807) is 30.7 Å². The van der Waals surface area contributed by atoms with Crippen LogP contribution in [0.4, 0.5) is 20.7 Å². The number of pyridine rings is 1. The summed E-state index contributed by atoms with van der Waals surface area (Å²) in [6.07, 6.45) is 5.37. The first-order valence-corrected chi connectivity index (χ1v) is 10.7. The number of aryl methyl sites for hydroxylation is 1. The van der Waals surface area contributed by atoms with Crippen LogP contribution in [-0.2, 0) is 11.2 Å². The predicted octanol–water partition coefficient (Wildman–Crippen LogP) is 3.53. The van der Waals surface area contributed by atoms with E-state index in [-0.39, 0.29) is 6.10 Å². The Kier molecular flexibility index (Phi) is 5.64. The van der Waals surface area contributed by atoms with Gasteiger partial charge in [0.1, 0.15) is 30.3 Å². The lowest BCUT2D eigenvalue weighted by Crippen LogP contribution is -2.36. The van der Waals surface area contributed by atoms with E-state index >= 15 is 0 Å². The van der Waals surface area contributed by atoms with Crippen molar-refractivity contribution in [1.82, 2.24) is 15.1 Å². The summed E-state index contributed by atoms with van der Waals surface area (Å²) in [6.45, 7) is 1.94. The van der Waals surface area contributed by atoms with Crippen LogP contribution in [-0.4, -0.2) is 60.4 Å². The molecule has 1 saturated heterocycles. The number of hydrogen-bond donors (Lipinski definition) is 0. The van der Waals surface area contributed by atoms with Gasteiger partial charge in [0.25, 0.3) is 0 Å². The lowest BCUT2D eigenvalue weighted by Gasteiger charge is -2.26. The van der Waals surface area contributed by atoms with Crippen molar-refractivity contribution in [2.45, 2.75) is 18.9 Å². The minimum absolute atomic E-state index is 0.285. The molecule has 0 spiro atoms. The highest BCUT2D eigenvalue weighted by Crippen LogP contribution is 2.30. The average molecular weight is 450 g/mol. The first-order valence-electron chi connectivity index (χ1n) is 10.7. The third-order valence-electron chi connectivity index (χ3n) is 5.76. The molecule has 1 amide bonds. The van der Waals surface area contributed by atoms with Crippen LogP contribution in [0.2, 0.25) is 0 Å². The van der Waals surface area contributed by atoms with Gasteiger partial charge in [0.2, 0.25) is 0 Å². The Morgan fingerprint density at radius 1 is 1.18 bits per heavy atom. The molecule has 10 heteroatoms. The van der Waals surface area contributed by atoms with Crippen molar-refractivity contribution in [2.75, 3.05) is 36.5 Å². The molecule has 9 nitrogen and oxygen atoms in total. The normalized spacial score (nSPS) is 18.2. The third-order valence-corrected chi connectivity index (χ3v) is 5.76. The summed E-state index contributed by atoms with van der Waals surface area (Å²) >= 11 is 0. The van der Waals surface area contributed by atoms with Gasteiger partial charge in [-0.3, -0.25) is 9.91 Å². The highest BCUT2D eigenvalue weighted by Gasteiger charge is 2.32. The van der Waals surface area contributed by atoms with E-state index < -0.39 is 11.9 Å². The summed E-state index contributed by atoms with van der Waals surface area (Å²) in [7, 11) is 1.91. The van der Waals surface area contributed by atoms with Crippen LogP contribution in [0.1, 0.15) is 12.1 Å². The maximum absolute atomic E-state index is 15.0. The van der Waals surface area contributed by atoms with E-state index in [1.807, 2.05) is 29.1 Å². The molecule has 33 heavy (non-hydrogen) atoms. The Labute approximate surface area is 190 Å². The number of carbonyl (C=O) groups excluding carboxylic acids is 1. The second-order valence-electron chi connectivity index (χ2n) is 8.02. The Morgan fingerprint density at radius 2 is 2.09 bits per heavy atom. The Morgan fingerprint density at radius 3 is 2.79 bits per heavy atom. The van der Waals surface area contributed by atoms with Crippen LogP contribution in [0.15, 0.2) is 58.5 Å². The number of benzene rings is 1. The predicted molar refractivity (Wildman–Crippen MR) is 121 cm³/mol. The zero-order valence-electron chi connectivity index (χ0n) is 18.1. The van der Waals surface area contributed by atoms with E-state index in [2.05, 4.69) is 15.2 Å². The minimum Gasteiger partial charge on any atom is -0.444 e. The number of cyclic esters (lactones) is 1. The fourth-order valence-corrected chi connectivity index (χ4v) is 3.87. The third kappa shape index (κ3) is 4.50. The molecule has 1 atom stereocenters. The van der Waals surface area contributed by atoms with Crippen molar-refractivity contribution in [2.24, 2.45) is 5.10 Å². The lowest BCUT2D eigenvalue weighted by molar-refractivity contribution is 0.136. The number of halogens is 1. The highest BCUT2D eigenvalue weighted by molar-refractivity contribution is 5.90. The Bertz CT molecular complexity index is 1150. The molecular formula is C23H23FN6O3. The van der Waals surface area contributed by atoms with E-state index in [4.69, 9.17) is 9.26 Å². The monoisotopic (exact) mass is 450 g/mol. The standard InChI is InChI=1S/C23H23FN6O3/c1-28-9-10-29(15-26-28)22-7-2-16(13-25-22)20-6-4-18(12-21(20)24)30-14-19(33-23(30)31)5-3-17-8-11-32-27-17/h2,4,6-8,11-13,15,19H,3,5,9-10,14H2,1H3/t19-/m0/s1. The van der Waals surface area contributed by atoms with Crippen LogP contribution in [0.25, 0.3) is 11.1 Å². The quantitative estimate of drug-likeness (QED) is 0.568. The number of amides is 1. The molecule has 1 aromatic carbocycles. The summed E-state index contributed by atoms with van der Waals surface area (Å²) in [5.74, 6) is 0.325. The van der Waals surface area contributed by atoms with Crippen molar-refractivity contribution < 1.29 is 18.4 Å². The zero-order chi connectivity index (χ0) is 22.8. The van der Waals surface area contributed by atoms with E-state index in [0.717, 1.165) is 24.6 Å². The number of likely N-dealkylation sites (N-methyl/N-ethyl adjacent to an activating group) is 1.